The van der Waals surface area contributed by atoms with Crippen LogP contribution in [0.4, 0.5) is 0 Å². The Hall–Kier alpha value is -2.17. The highest BCUT2D eigenvalue weighted by Crippen LogP contribution is 2.25. The highest BCUT2D eigenvalue weighted by Gasteiger charge is 2.17. The Morgan fingerprint density at radius 2 is 2.05 bits per heavy atom. The van der Waals surface area contributed by atoms with Gasteiger partial charge in [-0.25, -0.2) is 4.68 Å². The van der Waals surface area contributed by atoms with E-state index in [-0.39, 0.29) is 0 Å². The lowest BCUT2D eigenvalue weighted by molar-refractivity contribution is 0.1000. The molecule has 5 heteroatoms. The zero-order valence-corrected chi connectivity index (χ0v) is 13.4. The van der Waals surface area contributed by atoms with Gasteiger partial charge in [0.15, 0.2) is 0 Å². The molecule has 118 valence electrons. The van der Waals surface area contributed by atoms with Gasteiger partial charge in [-0.05, 0) is 36.5 Å². The van der Waals surface area contributed by atoms with Crippen LogP contribution in [0.25, 0.3) is 5.69 Å². The molecule has 0 unspecified atom stereocenters. The third-order valence-corrected chi connectivity index (χ3v) is 3.95. The highest BCUT2D eigenvalue weighted by molar-refractivity contribution is 5.97. The average molecular weight is 300 g/mol. The molecule has 2 rings (SSSR count). The second-order valence-corrected chi connectivity index (χ2v) is 5.48. The molecule has 0 spiro atoms. The van der Waals surface area contributed by atoms with Gasteiger partial charge in [0, 0.05) is 0 Å². The topological polar surface area (TPSA) is 73.8 Å². The maximum Gasteiger partial charge on any atom is 0.250 e. The minimum Gasteiger partial charge on any atom is -0.366 e. The third-order valence-electron chi connectivity index (χ3n) is 3.95. The van der Waals surface area contributed by atoms with Crippen LogP contribution >= 0.6 is 0 Å². The van der Waals surface area contributed by atoms with Gasteiger partial charge < -0.3 is 5.73 Å². The van der Waals surface area contributed by atoms with E-state index in [1.807, 2.05) is 12.1 Å². The van der Waals surface area contributed by atoms with Crippen LogP contribution < -0.4 is 5.73 Å². The quantitative estimate of drug-likeness (QED) is 0.761. The number of aromatic nitrogens is 3. The van der Waals surface area contributed by atoms with Crippen molar-refractivity contribution >= 4 is 5.91 Å². The van der Waals surface area contributed by atoms with Gasteiger partial charge in [-0.2, -0.15) is 0 Å². The first kappa shape index (κ1) is 16.2. The lowest BCUT2D eigenvalue weighted by Gasteiger charge is -2.16. The molecule has 0 bridgehead atoms. The maximum atomic E-state index is 11.8. The summed E-state index contributed by atoms with van der Waals surface area (Å²) < 4.78 is 1.65. The number of hydrogen-bond donors (Lipinski definition) is 1. The summed E-state index contributed by atoms with van der Waals surface area (Å²) in [5.74, 6) is -0.433. The van der Waals surface area contributed by atoms with Gasteiger partial charge in [0.05, 0.1) is 23.6 Å². The normalized spacial score (nSPS) is 10.8. The number of benzene rings is 1. The molecule has 0 radical (unpaired) electrons. The second-order valence-electron chi connectivity index (χ2n) is 5.48. The van der Waals surface area contributed by atoms with Crippen LogP contribution in [0.2, 0.25) is 0 Å². The first-order chi connectivity index (χ1) is 10.7. The van der Waals surface area contributed by atoms with E-state index in [2.05, 4.69) is 24.2 Å². The molecule has 0 atom stereocenters. The number of aryl methyl sites for hydroxylation is 1. The first-order valence-corrected chi connectivity index (χ1v) is 8.00. The van der Waals surface area contributed by atoms with Gasteiger partial charge in [0.1, 0.15) is 0 Å². The van der Waals surface area contributed by atoms with Gasteiger partial charge in [0.2, 0.25) is 0 Å². The van der Waals surface area contributed by atoms with Crippen molar-refractivity contribution in [2.24, 2.45) is 5.73 Å². The minimum absolute atomic E-state index is 0.433. The van der Waals surface area contributed by atoms with E-state index >= 15 is 0 Å². The fourth-order valence-corrected chi connectivity index (χ4v) is 2.84. The van der Waals surface area contributed by atoms with Gasteiger partial charge >= 0.3 is 0 Å². The van der Waals surface area contributed by atoms with E-state index in [1.54, 1.807) is 17.1 Å². The fourth-order valence-electron chi connectivity index (χ4n) is 2.84. The molecule has 2 aromatic rings. The molecule has 2 N–H and O–H groups in total. The summed E-state index contributed by atoms with van der Waals surface area (Å²) >= 11 is 0. The van der Waals surface area contributed by atoms with Crippen LogP contribution in [0, 0.1) is 0 Å². The van der Waals surface area contributed by atoms with Crippen LogP contribution in [-0.2, 0) is 12.8 Å². The van der Waals surface area contributed by atoms with E-state index in [9.17, 15) is 4.79 Å². The van der Waals surface area contributed by atoms with Crippen molar-refractivity contribution in [3.8, 4) is 5.69 Å². The van der Waals surface area contributed by atoms with Gasteiger partial charge in [-0.1, -0.05) is 44.4 Å². The van der Waals surface area contributed by atoms with Gasteiger partial charge in [-0.3, -0.25) is 4.79 Å². The molecule has 22 heavy (non-hydrogen) atoms. The third kappa shape index (κ3) is 3.53. The predicted molar refractivity (Wildman–Crippen MR) is 87.1 cm³/mol. The summed E-state index contributed by atoms with van der Waals surface area (Å²) in [6.45, 7) is 4.30. The molecule has 1 amide bonds. The Labute approximate surface area is 131 Å². The van der Waals surface area contributed by atoms with Crippen LogP contribution in [0.1, 0.15) is 61.0 Å². The number of nitrogens with two attached hydrogens (primary N) is 1. The van der Waals surface area contributed by atoms with Crippen molar-refractivity contribution in [1.29, 1.82) is 0 Å². The van der Waals surface area contributed by atoms with Crippen molar-refractivity contribution in [3.63, 3.8) is 0 Å². The summed E-state index contributed by atoms with van der Waals surface area (Å²) in [5.41, 5.74) is 9.22. The van der Waals surface area contributed by atoms with Crippen LogP contribution in [-0.4, -0.2) is 20.9 Å². The van der Waals surface area contributed by atoms with Crippen LogP contribution in [0.5, 0.6) is 0 Å². The number of carbonyl (C=O) groups excluding carboxylic acids is 1. The minimum atomic E-state index is -0.433. The summed E-state index contributed by atoms with van der Waals surface area (Å²) in [5, 5.41) is 7.90. The van der Waals surface area contributed by atoms with Gasteiger partial charge in [0.25, 0.3) is 5.91 Å². The second kappa shape index (κ2) is 7.73. The molecule has 0 aliphatic heterocycles. The van der Waals surface area contributed by atoms with E-state index in [0.717, 1.165) is 30.5 Å². The zero-order valence-electron chi connectivity index (χ0n) is 13.4. The molecule has 0 fully saturated rings. The van der Waals surface area contributed by atoms with Crippen LogP contribution in [0.15, 0.2) is 24.5 Å². The number of primary amides is 1. The van der Waals surface area contributed by atoms with E-state index in [0.29, 0.717) is 5.56 Å². The molecule has 0 saturated carbocycles. The number of nitrogens with zero attached hydrogens (tertiary/aromatic N) is 3. The zero-order chi connectivity index (χ0) is 15.9. The Balaban J connectivity index is 2.40. The van der Waals surface area contributed by atoms with Crippen molar-refractivity contribution in [1.82, 2.24) is 15.0 Å². The Bertz CT molecular complexity index is 620. The molecule has 0 aliphatic carbocycles. The Kier molecular flexibility index (Phi) is 5.69. The number of amides is 1. The highest BCUT2D eigenvalue weighted by atomic mass is 16.1. The lowest BCUT2D eigenvalue weighted by Crippen LogP contribution is -2.17. The molecule has 1 heterocycles. The van der Waals surface area contributed by atoms with Crippen molar-refractivity contribution in [3.05, 3.63) is 41.2 Å². The first-order valence-electron chi connectivity index (χ1n) is 8.00. The molecule has 1 aromatic carbocycles. The van der Waals surface area contributed by atoms with E-state index in [4.69, 9.17) is 5.73 Å². The van der Waals surface area contributed by atoms with Gasteiger partial charge in [-0.15, -0.1) is 5.10 Å². The van der Waals surface area contributed by atoms with Crippen LogP contribution in [0.3, 0.4) is 0 Å². The molecule has 1 aromatic heterocycles. The van der Waals surface area contributed by atoms with E-state index in [1.165, 1.54) is 24.8 Å². The average Bonchev–Trinajstić information content (AvgIpc) is 3.04. The number of rotatable bonds is 8. The summed E-state index contributed by atoms with van der Waals surface area (Å²) in [6.07, 6.45) is 10.1. The SMILES string of the molecule is CCCCCCc1ccc(C(N)=O)c(-n2ccnn2)c1CC. The van der Waals surface area contributed by atoms with Crippen molar-refractivity contribution < 1.29 is 4.79 Å². The molecule has 0 aliphatic rings. The Morgan fingerprint density at radius 3 is 2.64 bits per heavy atom. The van der Waals surface area contributed by atoms with Crippen molar-refractivity contribution in [2.45, 2.75) is 52.4 Å². The number of unbranched alkanes of at least 4 members (excludes halogenated alkanes) is 3. The van der Waals surface area contributed by atoms with E-state index < -0.39 is 5.91 Å². The largest absolute Gasteiger partial charge is 0.366 e. The molecular formula is C17H24N4O. The predicted octanol–water partition coefficient (Wildman–Crippen LogP) is 3.05. The smallest absolute Gasteiger partial charge is 0.250 e. The summed E-state index contributed by atoms with van der Waals surface area (Å²) in [6, 6.07) is 3.85. The number of carbonyl (C=O) groups is 1. The summed E-state index contributed by atoms with van der Waals surface area (Å²) in [7, 11) is 0. The fraction of sp³-hybridized carbons (Fsp3) is 0.471. The standard InChI is InChI=1S/C17H24N4O/c1-3-5-6-7-8-13-9-10-15(17(18)22)16(14(13)4-2)21-12-11-19-20-21/h9-12H,3-8H2,1-2H3,(H2,18,22). The number of hydrogen-bond acceptors (Lipinski definition) is 3. The summed E-state index contributed by atoms with van der Waals surface area (Å²) in [4.78, 5) is 11.8. The van der Waals surface area contributed by atoms with Crippen molar-refractivity contribution in [2.75, 3.05) is 0 Å². The maximum absolute atomic E-state index is 11.8. The Morgan fingerprint density at radius 1 is 1.23 bits per heavy atom. The molecule has 5 nitrogen and oxygen atoms in total. The molecular weight excluding hydrogens is 276 g/mol. The molecule has 0 saturated heterocycles. The lowest BCUT2D eigenvalue weighted by atomic mass is 9.94. The monoisotopic (exact) mass is 300 g/mol.